The number of carbonyl (C=O) groups is 2. The minimum absolute atomic E-state index is 0.00417. The van der Waals surface area contributed by atoms with Gasteiger partial charge in [-0.3, -0.25) is 14.5 Å². The number of amides is 2. The quantitative estimate of drug-likeness (QED) is 0.753. The Bertz CT molecular complexity index is 1030. The molecule has 2 aliphatic rings. The van der Waals surface area contributed by atoms with E-state index in [4.69, 9.17) is 14.7 Å². The average Bonchev–Trinajstić information content (AvgIpc) is 3.33. The van der Waals surface area contributed by atoms with Crippen molar-refractivity contribution in [2.45, 2.75) is 59.5 Å². The molecule has 2 aromatic rings. The van der Waals surface area contributed by atoms with E-state index in [1.165, 1.54) is 0 Å². The van der Waals surface area contributed by atoms with Crippen LogP contribution in [-0.4, -0.2) is 40.3 Å². The number of benzene rings is 1. The maximum Gasteiger partial charge on any atom is 0.233 e. The number of anilines is 1. The predicted octanol–water partition coefficient (Wildman–Crippen LogP) is 3.59. The van der Waals surface area contributed by atoms with Crippen LogP contribution in [0.3, 0.4) is 0 Å². The average molecular weight is 423 g/mol. The Morgan fingerprint density at radius 2 is 1.97 bits per heavy atom. The molecule has 0 radical (unpaired) electrons. The molecule has 4 rings (SSSR count). The number of fused-ring (bicyclic) bond motifs is 1. The van der Waals surface area contributed by atoms with E-state index in [0.717, 1.165) is 35.4 Å². The lowest BCUT2D eigenvalue weighted by Crippen LogP contribution is -2.39. The third-order valence-corrected chi connectivity index (χ3v) is 6.07. The Hall–Kier alpha value is -2.96. The van der Waals surface area contributed by atoms with Gasteiger partial charge in [0, 0.05) is 28.8 Å². The standard InChI is InChI=1S/C24H30N4O3/c1-15-17-13-20(29)28(14-16-9-6-7-11-19(16)31-5)22(17)26-21(25-15)18-10-8-12-27(18)23(30)24(2,3)4/h6-7,9,11,18H,8,10,12-14H2,1-5H3/t18-/m1/s1. The van der Waals surface area contributed by atoms with Crippen molar-refractivity contribution in [2.75, 3.05) is 18.6 Å². The highest BCUT2D eigenvalue weighted by molar-refractivity contribution is 6.00. The molecule has 7 heteroatoms. The van der Waals surface area contributed by atoms with E-state index in [9.17, 15) is 9.59 Å². The van der Waals surface area contributed by atoms with Crippen molar-refractivity contribution >= 4 is 17.6 Å². The fourth-order valence-electron chi connectivity index (χ4n) is 4.42. The number of ether oxygens (including phenoxy) is 1. The van der Waals surface area contributed by atoms with E-state index in [-0.39, 0.29) is 17.9 Å². The number of rotatable bonds is 4. The zero-order valence-corrected chi connectivity index (χ0v) is 18.9. The maximum atomic E-state index is 13.0. The number of carbonyl (C=O) groups excluding carboxylic acids is 2. The molecular weight excluding hydrogens is 392 g/mol. The zero-order valence-electron chi connectivity index (χ0n) is 18.9. The van der Waals surface area contributed by atoms with Crippen molar-refractivity contribution in [3.05, 3.63) is 46.9 Å². The first-order valence-electron chi connectivity index (χ1n) is 10.8. The number of likely N-dealkylation sites (tertiary alicyclic amines) is 1. The van der Waals surface area contributed by atoms with Crippen LogP contribution in [-0.2, 0) is 22.6 Å². The van der Waals surface area contributed by atoms with Crippen LogP contribution in [0.15, 0.2) is 24.3 Å². The third kappa shape index (κ3) is 3.89. The molecule has 0 aliphatic carbocycles. The Labute approximate surface area is 183 Å². The van der Waals surface area contributed by atoms with Gasteiger partial charge < -0.3 is 9.64 Å². The first-order valence-corrected chi connectivity index (χ1v) is 10.8. The van der Waals surface area contributed by atoms with Crippen molar-refractivity contribution in [3.63, 3.8) is 0 Å². The number of methoxy groups -OCH3 is 1. The van der Waals surface area contributed by atoms with Crippen molar-refractivity contribution in [1.29, 1.82) is 0 Å². The van der Waals surface area contributed by atoms with E-state index in [1.807, 2.05) is 56.9 Å². The van der Waals surface area contributed by atoms with Gasteiger partial charge in [-0.25, -0.2) is 9.97 Å². The SMILES string of the molecule is COc1ccccc1CN1C(=O)Cc2c(C)nc([C@H]3CCCN3C(=O)C(C)(C)C)nc21. The smallest absolute Gasteiger partial charge is 0.233 e. The summed E-state index contributed by atoms with van der Waals surface area (Å²) in [6.45, 7) is 8.84. The van der Waals surface area contributed by atoms with E-state index in [2.05, 4.69) is 0 Å². The highest BCUT2D eigenvalue weighted by atomic mass is 16.5. The van der Waals surface area contributed by atoms with Crippen LogP contribution in [0.5, 0.6) is 5.75 Å². The number of aryl methyl sites for hydroxylation is 1. The van der Waals surface area contributed by atoms with Crippen molar-refractivity contribution in [1.82, 2.24) is 14.9 Å². The van der Waals surface area contributed by atoms with Crippen molar-refractivity contribution in [3.8, 4) is 5.75 Å². The highest BCUT2D eigenvalue weighted by Crippen LogP contribution is 2.37. The van der Waals surface area contributed by atoms with E-state index in [0.29, 0.717) is 31.2 Å². The normalized spacial score (nSPS) is 18.5. The molecule has 1 saturated heterocycles. The van der Waals surface area contributed by atoms with Gasteiger partial charge in [0.25, 0.3) is 0 Å². The number of para-hydroxylation sites is 1. The first kappa shape index (κ1) is 21.3. The summed E-state index contributed by atoms with van der Waals surface area (Å²) in [5.41, 5.74) is 2.15. The summed E-state index contributed by atoms with van der Waals surface area (Å²) >= 11 is 0. The van der Waals surface area contributed by atoms with E-state index < -0.39 is 5.41 Å². The molecule has 1 atom stereocenters. The second-order valence-corrected chi connectivity index (χ2v) is 9.34. The first-order chi connectivity index (χ1) is 14.7. The van der Waals surface area contributed by atoms with Crippen molar-refractivity contribution in [2.24, 2.45) is 5.41 Å². The molecule has 0 spiro atoms. The summed E-state index contributed by atoms with van der Waals surface area (Å²) < 4.78 is 5.46. The van der Waals surface area contributed by atoms with Gasteiger partial charge in [-0.1, -0.05) is 39.0 Å². The lowest BCUT2D eigenvalue weighted by molar-refractivity contribution is -0.140. The molecule has 1 aromatic carbocycles. The van der Waals surface area contributed by atoms with Crippen LogP contribution in [0.2, 0.25) is 0 Å². The van der Waals surface area contributed by atoms with Crippen LogP contribution in [0.4, 0.5) is 5.82 Å². The third-order valence-electron chi connectivity index (χ3n) is 6.07. The Kier molecular flexibility index (Phi) is 5.45. The van der Waals surface area contributed by atoms with Gasteiger partial charge >= 0.3 is 0 Å². The molecule has 0 bridgehead atoms. The molecular formula is C24H30N4O3. The van der Waals surface area contributed by atoms with Gasteiger partial charge in [0.05, 0.1) is 26.1 Å². The predicted molar refractivity (Wildman–Crippen MR) is 118 cm³/mol. The van der Waals surface area contributed by atoms with Gasteiger partial charge in [-0.05, 0) is 25.8 Å². The molecule has 164 valence electrons. The van der Waals surface area contributed by atoms with Crippen LogP contribution in [0, 0.1) is 12.3 Å². The topological polar surface area (TPSA) is 75.6 Å². The lowest BCUT2D eigenvalue weighted by Gasteiger charge is -2.30. The molecule has 0 saturated carbocycles. The van der Waals surface area contributed by atoms with Crippen LogP contribution >= 0.6 is 0 Å². The van der Waals surface area contributed by atoms with Crippen LogP contribution < -0.4 is 9.64 Å². The van der Waals surface area contributed by atoms with Crippen molar-refractivity contribution < 1.29 is 14.3 Å². The number of hydrogen-bond donors (Lipinski definition) is 0. The summed E-state index contributed by atoms with van der Waals surface area (Å²) in [5, 5.41) is 0. The van der Waals surface area contributed by atoms with Gasteiger partial charge in [-0.2, -0.15) is 0 Å². The Morgan fingerprint density at radius 3 is 2.68 bits per heavy atom. The van der Waals surface area contributed by atoms with Gasteiger partial charge in [0.2, 0.25) is 11.8 Å². The summed E-state index contributed by atoms with van der Waals surface area (Å²) in [6.07, 6.45) is 2.06. The largest absolute Gasteiger partial charge is 0.496 e. The molecule has 3 heterocycles. The van der Waals surface area contributed by atoms with Gasteiger partial charge in [0.1, 0.15) is 11.6 Å². The Balaban J connectivity index is 1.70. The summed E-state index contributed by atoms with van der Waals surface area (Å²) in [4.78, 5) is 39.1. The minimum atomic E-state index is -0.458. The molecule has 31 heavy (non-hydrogen) atoms. The summed E-state index contributed by atoms with van der Waals surface area (Å²) in [7, 11) is 1.63. The number of hydrogen-bond acceptors (Lipinski definition) is 5. The maximum absolute atomic E-state index is 13.0. The summed E-state index contributed by atoms with van der Waals surface area (Å²) in [5.74, 6) is 2.15. The fraction of sp³-hybridized carbons (Fsp3) is 0.500. The molecule has 1 aromatic heterocycles. The molecule has 7 nitrogen and oxygen atoms in total. The van der Waals surface area contributed by atoms with E-state index in [1.54, 1.807) is 12.0 Å². The second-order valence-electron chi connectivity index (χ2n) is 9.34. The lowest BCUT2D eigenvalue weighted by atomic mass is 9.94. The second kappa shape index (κ2) is 7.94. The van der Waals surface area contributed by atoms with Gasteiger partial charge in [-0.15, -0.1) is 0 Å². The number of aromatic nitrogens is 2. The van der Waals surface area contributed by atoms with Gasteiger partial charge in [0.15, 0.2) is 5.82 Å². The molecule has 0 unspecified atom stereocenters. The van der Waals surface area contributed by atoms with Crippen LogP contribution in [0.1, 0.15) is 62.3 Å². The molecule has 1 fully saturated rings. The molecule has 2 amide bonds. The minimum Gasteiger partial charge on any atom is -0.496 e. The monoisotopic (exact) mass is 422 g/mol. The zero-order chi connectivity index (χ0) is 22.3. The molecule has 0 N–H and O–H groups in total. The Morgan fingerprint density at radius 1 is 1.23 bits per heavy atom. The summed E-state index contributed by atoms with van der Waals surface area (Å²) in [6, 6.07) is 7.54. The fourth-order valence-corrected chi connectivity index (χ4v) is 4.42. The molecule has 2 aliphatic heterocycles. The number of nitrogens with zero attached hydrogens (tertiary/aromatic N) is 4. The highest BCUT2D eigenvalue weighted by Gasteiger charge is 2.39. The van der Waals surface area contributed by atoms with Crippen LogP contribution in [0.25, 0.3) is 0 Å². The van der Waals surface area contributed by atoms with E-state index >= 15 is 0 Å².